The lowest BCUT2D eigenvalue weighted by Gasteiger charge is -2.40. The van der Waals surface area contributed by atoms with E-state index in [0.717, 1.165) is 16.4 Å². The lowest BCUT2D eigenvalue weighted by atomic mass is 10.1. The van der Waals surface area contributed by atoms with Gasteiger partial charge in [0.25, 0.3) is 5.91 Å². The number of carbonyl (C=O) groups is 2. The van der Waals surface area contributed by atoms with Gasteiger partial charge in [-0.1, -0.05) is 42.1 Å². The Labute approximate surface area is 230 Å². The number of amides is 2. The van der Waals surface area contributed by atoms with Crippen LogP contribution in [0.2, 0.25) is 0 Å². The molecular formula is C29H30FN5O3S. The third kappa shape index (κ3) is 5.75. The lowest BCUT2D eigenvalue weighted by molar-refractivity contribution is -0.133. The topological polar surface area (TPSA) is 84.5 Å². The summed E-state index contributed by atoms with van der Waals surface area (Å²) in [5.74, 6) is 1.14. The van der Waals surface area contributed by atoms with Gasteiger partial charge in [0, 0.05) is 37.8 Å². The number of hydrogen-bond acceptors (Lipinski definition) is 6. The summed E-state index contributed by atoms with van der Waals surface area (Å²) in [5.41, 5.74) is 2.13. The number of benzene rings is 2. The Bertz CT molecular complexity index is 1450. The van der Waals surface area contributed by atoms with Crippen molar-refractivity contribution in [3.05, 3.63) is 83.9 Å². The van der Waals surface area contributed by atoms with E-state index in [0.29, 0.717) is 49.8 Å². The van der Waals surface area contributed by atoms with E-state index in [1.165, 1.54) is 12.1 Å². The summed E-state index contributed by atoms with van der Waals surface area (Å²) in [7, 11) is 0. The molecular weight excluding hydrogens is 517 g/mol. The predicted octanol–water partition coefficient (Wildman–Crippen LogP) is 5.22. The van der Waals surface area contributed by atoms with Crippen molar-refractivity contribution in [2.45, 2.75) is 37.9 Å². The minimum Gasteiger partial charge on any atom is -0.461 e. The van der Waals surface area contributed by atoms with Crippen LogP contribution in [0.3, 0.4) is 0 Å². The highest BCUT2D eigenvalue weighted by atomic mass is 32.2. The number of nitrogens with zero attached hydrogens (tertiary/aromatic N) is 5. The zero-order valence-electron chi connectivity index (χ0n) is 21.9. The molecule has 1 fully saturated rings. The maximum absolute atomic E-state index is 14.1. The summed E-state index contributed by atoms with van der Waals surface area (Å²) in [6.45, 7) is 5.18. The van der Waals surface area contributed by atoms with E-state index in [4.69, 9.17) is 4.42 Å². The molecule has 2 aromatic carbocycles. The second-order valence-electron chi connectivity index (χ2n) is 9.52. The number of furan rings is 1. The predicted molar refractivity (Wildman–Crippen MR) is 147 cm³/mol. The first-order valence-corrected chi connectivity index (χ1v) is 13.9. The first-order chi connectivity index (χ1) is 18.9. The zero-order valence-corrected chi connectivity index (χ0v) is 22.7. The molecule has 1 atom stereocenters. The number of aryl methyl sites for hydroxylation is 1. The molecule has 10 heteroatoms. The summed E-state index contributed by atoms with van der Waals surface area (Å²) in [5, 5.41) is 9.54. The normalized spacial score (nSPS) is 15.5. The number of thioether (sulfide) groups is 1. The van der Waals surface area contributed by atoms with Crippen LogP contribution in [0.25, 0.3) is 17.3 Å². The molecule has 0 spiro atoms. The Morgan fingerprint density at radius 1 is 1.05 bits per heavy atom. The molecule has 0 radical (unpaired) electrons. The number of piperazine rings is 1. The summed E-state index contributed by atoms with van der Waals surface area (Å²) in [4.78, 5) is 29.2. The van der Waals surface area contributed by atoms with Gasteiger partial charge in [0.1, 0.15) is 5.82 Å². The van der Waals surface area contributed by atoms with Gasteiger partial charge in [0.05, 0.1) is 17.5 Å². The fraction of sp³-hybridized carbons (Fsp3) is 0.310. The van der Waals surface area contributed by atoms with E-state index in [9.17, 15) is 14.0 Å². The van der Waals surface area contributed by atoms with Crippen LogP contribution < -0.4 is 0 Å². The van der Waals surface area contributed by atoms with Crippen molar-refractivity contribution < 1.29 is 18.4 Å². The van der Waals surface area contributed by atoms with Gasteiger partial charge in [-0.3, -0.25) is 14.2 Å². The van der Waals surface area contributed by atoms with E-state index in [2.05, 4.69) is 10.2 Å². The molecule has 0 aliphatic carbocycles. The van der Waals surface area contributed by atoms with Crippen molar-refractivity contribution in [2.75, 3.05) is 25.4 Å². The average Bonchev–Trinajstić information content (AvgIpc) is 3.61. The second kappa shape index (κ2) is 11.9. The van der Waals surface area contributed by atoms with Crippen molar-refractivity contribution >= 4 is 23.6 Å². The van der Waals surface area contributed by atoms with Crippen LogP contribution in [0.1, 0.15) is 35.7 Å². The summed E-state index contributed by atoms with van der Waals surface area (Å²) >= 11 is 1.55. The third-order valence-electron chi connectivity index (χ3n) is 6.84. The van der Waals surface area contributed by atoms with Crippen LogP contribution in [0.5, 0.6) is 0 Å². The van der Waals surface area contributed by atoms with Crippen LogP contribution in [-0.4, -0.2) is 67.8 Å². The average molecular weight is 548 g/mol. The summed E-state index contributed by atoms with van der Waals surface area (Å²) in [6, 6.07) is 17.5. The number of halogens is 1. The van der Waals surface area contributed by atoms with Gasteiger partial charge >= 0.3 is 0 Å². The molecule has 2 amide bonds. The number of carbonyl (C=O) groups excluding carboxylic acids is 2. The Kier molecular flexibility index (Phi) is 8.11. The molecule has 1 unspecified atom stereocenters. The first kappa shape index (κ1) is 26.7. The van der Waals surface area contributed by atoms with Gasteiger partial charge in [-0.15, -0.1) is 10.2 Å². The molecule has 1 aliphatic rings. The highest BCUT2D eigenvalue weighted by molar-refractivity contribution is 7.99. The Balaban J connectivity index is 1.17. The maximum Gasteiger partial charge on any atom is 0.257 e. The first-order valence-electron chi connectivity index (χ1n) is 13.0. The third-order valence-corrected chi connectivity index (χ3v) is 7.86. The molecule has 202 valence electrons. The Morgan fingerprint density at radius 3 is 2.59 bits per heavy atom. The molecule has 5 rings (SSSR count). The Morgan fingerprint density at radius 2 is 1.85 bits per heavy atom. The van der Waals surface area contributed by atoms with Gasteiger partial charge in [0.15, 0.2) is 10.9 Å². The molecule has 3 heterocycles. The number of aromatic nitrogens is 3. The molecule has 4 aromatic rings. The molecule has 1 aliphatic heterocycles. The van der Waals surface area contributed by atoms with Crippen molar-refractivity contribution in [2.24, 2.45) is 0 Å². The largest absolute Gasteiger partial charge is 0.461 e. The molecule has 39 heavy (non-hydrogen) atoms. The monoisotopic (exact) mass is 547 g/mol. The quantitative estimate of drug-likeness (QED) is 0.222. The van der Waals surface area contributed by atoms with Crippen LogP contribution in [0.15, 0.2) is 76.5 Å². The van der Waals surface area contributed by atoms with Gasteiger partial charge in [0.2, 0.25) is 11.7 Å². The zero-order chi connectivity index (χ0) is 27.4. The van der Waals surface area contributed by atoms with Crippen molar-refractivity contribution in [1.82, 2.24) is 24.6 Å². The van der Waals surface area contributed by atoms with Gasteiger partial charge in [-0.05, 0) is 56.2 Å². The fourth-order valence-electron chi connectivity index (χ4n) is 4.78. The van der Waals surface area contributed by atoms with E-state index in [1.807, 2.05) is 54.8 Å². The summed E-state index contributed by atoms with van der Waals surface area (Å²) in [6.07, 6.45) is 2.68. The van der Waals surface area contributed by atoms with Crippen LogP contribution >= 0.6 is 11.8 Å². The second-order valence-corrected chi connectivity index (χ2v) is 10.6. The van der Waals surface area contributed by atoms with E-state index >= 15 is 0 Å². The molecule has 8 nitrogen and oxygen atoms in total. The van der Waals surface area contributed by atoms with Crippen LogP contribution in [0.4, 0.5) is 4.39 Å². The van der Waals surface area contributed by atoms with Crippen LogP contribution in [0, 0.1) is 12.7 Å². The standard InChI is InChI=1S/C29H30FN5O3S/c1-20-9-3-6-12-24(20)35-27(25-13-7-17-38-25)31-32-29(35)39-18-8-14-26(36)33-15-16-34(21(2)19-33)28(37)22-10-4-5-11-23(22)30/h3-7,9-13,17,21H,8,14-16,18-19H2,1-2H3. The number of hydrogen-bond donors (Lipinski definition) is 0. The van der Waals surface area contributed by atoms with Crippen molar-refractivity contribution in [1.29, 1.82) is 0 Å². The number of rotatable bonds is 8. The smallest absolute Gasteiger partial charge is 0.257 e. The highest BCUT2D eigenvalue weighted by Crippen LogP contribution is 2.30. The minimum atomic E-state index is -0.528. The highest BCUT2D eigenvalue weighted by Gasteiger charge is 2.31. The van der Waals surface area contributed by atoms with Gasteiger partial charge in [-0.25, -0.2) is 4.39 Å². The number of para-hydroxylation sites is 1. The lowest BCUT2D eigenvalue weighted by Crippen LogP contribution is -2.55. The molecule has 0 N–H and O–H groups in total. The van der Waals surface area contributed by atoms with E-state index in [1.54, 1.807) is 40.0 Å². The molecule has 2 aromatic heterocycles. The molecule has 1 saturated heterocycles. The Hall–Kier alpha value is -3.92. The minimum absolute atomic E-state index is 0.0529. The van der Waals surface area contributed by atoms with E-state index < -0.39 is 5.82 Å². The van der Waals surface area contributed by atoms with Gasteiger partial charge in [-0.2, -0.15) is 0 Å². The van der Waals surface area contributed by atoms with Crippen molar-refractivity contribution in [3.63, 3.8) is 0 Å². The van der Waals surface area contributed by atoms with Crippen molar-refractivity contribution in [3.8, 4) is 17.3 Å². The molecule has 0 bridgehead atoms. The van der Waals surface area contributed by atoms with Crippen LogP contribution in [-0.2, 0) is 4.79 Å². The SMILES string of the molecule is Cc1ccccc1-n1c(SCCCC(=O)N2CCN(C(=O)c3ccccc3F)C(C)C2)nnc1-c1ccco1. The maximum atomic E-state index is 14.1. The summed E-state index contributed by atoms with van der Waals surface area (Å²) < 4.78 is 21.7. The molecule has 0 saturated carbocycles. The van der Waals surface area contributed by atoms with Gasteiger partial charge < -0.3 is 14.2 Å². The fourth-order valence-corrected chi connectivity index (χ4v) is 5.66. The van der Waals surface area contributed by atoms with E-state index in [-0.39, 0.29) is 23.4 Å².